The Balaban J connectivity index is 1.18. The summed E-state index contributed by atoms with van der Waals surface area (Å²) < 4.78 is 0. The Morgan fingerprint density at radius 1 is 0.642 bits per heavy atom. The molecule has 7 aromatic rings. The topological polar surface area (TPSA) is 50.7 Å². The summed E-state index contributed by atoms with van der Waals surface area (Å²) in [6, 6.07) is 37.0. The highest BCUT2D eigenvalue weighted by molar-refractivity contribution is 6.07. The highest BCUT2D eigenvalue weighted by atomic mass is 14.9. The van der Waals surface area contributed by atoms with Crippen LogP contribution in [0.3, 0.4) is 0 Å². The molecule has 4 heterocycles. The number of hydrogen-bond acceptors (Lipinski definition) is 4. The third-order valence-corrected chi connectivity index (χ3v) is 12.2. The average molecular weight is 683 g/mol. The molecule has 254 valence electrons. The van der Waals surface area contributed by atoms with E-state index in [0.717, 1.165) is 87.7 Å². The first-order valence-corrected chi connectivity index (χ1v) is 19.0. The summed E-state index contributed by atoms with van der Waals surface area (Å²) in [5.74, 6) is 0.119. The van der Waals surface area contributed by atoms with Crippen LogP contribution in [0.25, 0.3) is 66.5 Å². The van der Waals surface area contributed by atoms with Gasteiger partial charge in [0.1, 0.15) is 0 Å². The minimum atomic E-state index is -0.261. The van der Waals surface area contributed by atoms with Crippen LogP contribution in [-0.4, -0.2) is 21.5 Å². The first-order valence-electron chi connectivity index (χ1n) is 19.0. The maximum Gasteiger partial charge on any atom is 0.0972 e. The second-order valence-electron chi connectivity index (χ2n) is 15.1. The third kappa shape index (κ3) is 4.58. The first-order chi connectivity index (χ1) is 26.2. The lowest BCUT2D eigenvalue weighted by atomic mass is 9.55. The summed E-state index contributed by atoms with van der Waals surface area (Å²) in [7, 11) is 0. The second-order valence-corrected chi connectivity index (χ2v) is 15.1. The fourth-order valence-corrected chi connectivity index (χ4v) is 9.75. The van der Waals surface area contributed by atoms with Gasteiger partial charge in [-0.2, -0.15) is 0 Å². The number of anilines is 1. The van der Waals surface area contributed by atoms with E-state index in [1.807, 2.05) is 0 Å². The Labute approximate surface area is 309 Å². The number of hydrogen-bond donors (Lipinski definition) is 1. The van der Waals surface area contributed by atoms with Crippen molar-refractivity contribution in [3.8, 4) is 11.3 Å². The molecule has 0 spiro atoms. The number of nitrogens with one attached hydrogen (secondary N) is 1. The van der Waals surface area contributed by atoms with Gasteiger partial charge in [-0.3, -0.25) is 0 Å². The van der Waals surface area contributed by atoms with Crippen molar-refractivity contribution in [1.29, 1.82) is 0 Å². The van der Waals surface area contributed by atoms with Crippen LogP contribution in [0.1, 0.15) is 55.3 Å². The van der Waals surface area contributed by atoms with Crippen molar-refractivity contribution in [2.45, 2.75) is 38.5 Å². The number of rotatable bonds is 3. The maximum atomic E-state index is 5.59. The Morgan fingerprint density at radius 2 is 1.40 bits per heavy atom. The van der Waals surface area contributed by atoms with Crippen LogP contribution < -0.4 is 5.32 Å². The molecule has 1 aliphatic heterocycles. The van der Waals surface area contributed by atoms with E-state index in [4.69, 9.17) is 15.0 Å². The van der Waals surface area contributed by atoms with Gasteiger partial charge in [0.25, 0.3) is 0 Å². The Hall–Kier alpha value is -6.13. The Morgan fingerprint density at radius 3 is 2.26 bits per heavy atom. The lowest BCUT2D eigenvalue weighted by Gasteiger charge is -2.48. The summed E-state index contributed by atoms with van der Waals surface area (Å²) in [6.07, 6.45) is 18.2. The molecule has 53 heavy (non-hydrogen) atoms. The zero-order chi connectivity index (χ0) is 35.1. The number of pyridine rings is 3. The first kappa shape index (κ1) is 30.5. The van der Waals surface area contributed by atoms with Crippen molar-refractivity contribution in [2.75, 3.05) is 11.9 Å². The smallest absolute Gasteiger partial charge is 0.0972 e. The third-order valence-electron chi connectivity index (χ3n) is 12.2. The zero-order valence-electron chi connectivity index (χ0n) is 29.7. The number of nitrogens with zero attached hydrogens (tertiary/aromatic N) is 3. The van der Waals surface area contributed by atoms with Gasteiger partial charge in [0.15, 0.2) is 0 Å². The van der Waals surface area contributed by atoms with Gasteiger partial charge in [0.05, 0.1) is 39.1 Å². The molecule has 0 bridgehead atoms. The van der Waals surface area contributed by atoms with Crippen LogP contribution >= 0.6 is 0 Å². The van der Waals surface area contributed by atoms with Gasteiger partial charge in [0.2, 0.25) is 0 Å². The van der Waals surface area contributed by atoms with Crippen molar-refractivity contribution >= 4 is 60.9 Å². The minimum Gasteiger partial charge on any atom is -0.379 e. The molecule has 2 atom stereocenters. The number of allylic oxidation sites excluding steroid dienone is 8. The highest BCUT2D eigenvalue weighted by Crippen LogP contribution is 2.61. The second kappa shape index (κ2) is 11.7. The molecule has 11 rings (SSSR count). The number of aromatic nitrogens is 3. The summed E-state index contributed by atoms with van der Waals surface area (Å²) in [4.78, 5) is 16.2. The zero-order valence-corrected chi connectivity index (χ0v) is 29.7. The van der Waals surface area contributed by atoms with Gasteiger partial charge in [-0.05, 0) is 71.7 Å². The summed E-state index contributed by atoms with van der Waals surface area (Å²) >= 11 is 0. The van der Waals surface area contributed by atoms with Crippen LogP contribution in [0.5, 0.6) is 0 Å². The molecule has 1 N–H and O–H groups in total. The standard InChI is InChI=1S/C49H38N4/c1-49-28-10-9-18-38(49)43(41-27-24-33-21-20-32-23-26-39(30-12-3-2-4-13-30)51-46(32)47(33)53-41)34-15-5-6-16-35(34)44(49)42-36-17-7-8-19-40(36)52-48-37(42)25-22-31-14-11-29-50-45(31)48/h2-4,6-8,10-14,16-17,19-28,44,50H,5,9,15,18,29H2,1H3. The van der Waals surface area contributed by atoms with E-state index in [2.05, 4.69) is 152 Å². The molecule has 0 radical (unpaired) electrons. The molecule has 4 heteroatoms. The van der Waals surface area contributed by atoms with E-state index >= 15 is 0 Å². The van der Waals surface area contributed by atoms with Crippen molar-refractivity contribution in [1.82, 2.24) is 15.0 Å². The van der Waals surface area contributed by atoms with Crippen molar-refractivity contribution in [3.05, 3.63) is 167 Å². The van der Waals surface area contributed by atoms with E-state index < -0.39 is 0 Å². The summed E-state index contributed by atoms with van der Waals surface area (Å²) in [5, 5.41) is 8.38. The van der Waals surface area contributed by atoms with E-state index in [1.165, 1.54) is 44.2 Å². The molecule has 4 aromatic carbocycles. The SMILES string of the molecule is CC12C=CCCC1=C(c1ccc3ccc4ccc(-c5ccccc5)nc4c3n1)C1=C(C=CCC1)C2c1c2ccccc2nc2c3c(ccc12)C=CCN3. The molecule has 4 nitrogen and oxygen atoms in total. The van der Waals surface area contributed by atoms with Crippen molar-refractivity contribution < 1.29 is 0 Å². The summed E-state index contributed by atoms with van der Waals surface area (Å²) in [5.41, 5.74) is 16.3. The van der Waals surface area contributed by atoms with Gasteiger partial charge >= 0.3 is 0 Å². The van der Waals surface area contributed by atoms with Gasteiger partial charge < -0.3 is 5.32 Å². The van der Waals surface area contributed by atoms with Gasteiger partial charge in [-0.25, -0.2) is 15.0 Å². The van der Waals surface area contributed by atoms with Gasteiger partial charge in [-0.15, -0.1) is 0 Å². The highest BCUT2D eigenvalue weighted by Gasteiger charge is 2.47. The van der Waals surface area contributed by atoms with E-state index in [-0.39, 0.29) is 11.3 Å². The van der Waals surface area contributed by atoms with Gasteiger partial charge in [-0.1, -0.05) is 128 Å². The fourth-order valence-electron chi connectivity index (χ4n) is 9.75. The van der Waals surface area contributed by atoms with E-state index in [9.17, 15) is 0 Å². The molecule has 0 amide bonds. The Bertz CT molecular complexity index is 2850. The molecule has 3 aromatic heterocycles. The molecule has 3 aliphatic carbocycles. The minimum absolute atomic E-state index is 0.119. The quantitative estimate of drug-likeness (QED) is 0.114. The van der Waals surface area contributed by atoms with Crippen LogP contribution in [0.4, 0.5) is 5.69 Å². The van der Waals surface area contributed by atoms with Crippen LogP contribution in [-0.2, 0) is 0 Å². The predicted molar refractivity (Wildman–Crippen MR) is 221 cm³/mol. The van der Waals surface area contributed by atoms with E-state index in [1.54, 1.807) is 0 Å². The van der Waals surface area contributed by atoms with Crippen molar-refractivity contribution in [3.63, 3.8) is 0 Å². The molecule has 0 saturated carbocycles. The molecular weight excluding hydrogens is 645 g/mol. The molecule has 2 unspecified atom stereocenters. The fraction of sp³-hybridized carbons (Fsp3) is 0.163. The molecule has 4 aliphatic rings. The van der Waals surface area contributed by atoms with Crippen LogP contribution in [0.15, 0.2) is 150 Å². The van der Waals surface area contributed by atoms with Crippen LogP contribution in [0.2, 0.25) is 0 Å². The van der Waals surface area contributed by atoms with Crippen molar-refractivity contribution in [2.24, 2.45) is 5.41 Å². The molecular formula is C49H38N4. The molecule has 0 fully saturated rings. The lowest BCUT2D eigenvalue weighted by molar-refractivity contribution is 0.414. The normalized spacial score (nSPS) is 20.6. The Kier molecular flexibility index (Phi) is 6.73. The number of benzene rings is 4. The number of para-hydroxylation sites is 1. The average Bonchev–Trinajstić information content (AvgIpc) is 3.22. The largest absolute Gasteiger partial charge is 0.379 e. The van der Waals surface area contributed by atoms with Crippen LogP contribution in [0, 0.1) is 5.41 Å². The maximum absolute atomic E-state index is 5.59. The lowest BCUT2D eigenvalue weighted by Crippen LogP contribution is -2.34. The van der Waals surface area contributed by atoms with E-state index in [0.29, 0.717) is 0 Å². The molecule has 0 saturated heterocycles. The predicted octanol–water partition coefficient (Wildman–Crippen LogP) is 12.1. The monoisotopic (exact) mass is 682 g/mol. The number of fused-ring (bicyclic) bond motifs is 8. The van der Waals surface area contributed by atoms with Gasteiger partial charge in [0, 0.05) is 50.6 Å². The summed E-state index contributed by atoms with van der Waals surface area (Å²) in [6.45, 7) is 3.30.